The first-order chi connectivity index (χ1) is 8.50. The number of aryl methyl sites for hydroxylation is 1. The molecule has 0 atom stereocenters. The molecule has 1 aliphatic heterocycles. The summed E-state index contributed by atoms with van der Waals surface area (Å²) in [4.78, 5) is 0. The van der Waals surface area contributed by atoms with Gasteiger partial charge in [-0.3, -0.25) is 0 Å². The van der Waals surface area contributed by atoms with Crippen molar-refractivity contribution in [3.8, 4) is 17.2 Å². The Morgan fingerprint density at radius 1 is 1.28 bits per heavy atom. The highest BCUT2D eigenvalue weighted by molar-refractivity contribution is 6.01. The third-order valence-electron chi connectivity index (χ3n) is 2.71. The van der Waals surface area contributed by atoms with Crippen molar-refractivity contribution in [3.63, 3.8) is 0 Å². The molecular formula is C14H19NO3. The minimum absolute atomic E-state index is 0.0750. The van der Waals surface area contributed by atoms with E-state index in [2.05, 4.69) is 0 Å². The molecule has 4 nitrogen and oxygen atoms in total. The first-order valence-electron chi connectivity index (χ1n) is 6.16. The monoisotopic (exact) mass is 249 g/mol. The maximum Gasteiger partial charge on any atom is 0.204 e. The second-order valence-electron chi connectivity index (χ2n) is 4.71. The van der Waals surface area contributed by atoms with Crippen LogP contribution in [0, 0.1) is 12.3 Å². The van der Waals surface area contributed by atoms with Gasteiger partial charge in [0.2, 0.25) is 5.75 Å². The van der Waals surface area contributed by atoms with Crippen LogP contribution in [0.2, 0.25) is 0 Å². The predicted molar refractivity (Wildman–Crippen MR) is 70.4 cm³/mol. The SMILES string of the molecule is CC(=N)c1c(C)cc(OC(C)C)c2c1OCCO2. The zero-order valence-electron chi connectivity index (χ0n) is 11.3. The zero-order valence-corrected chi connectivity index (χ0v) is 11.3. The molecule has 0 aromatic heterocycles. The largest absolute Gasteiger partial charge is 0.487 e. The summed E-state index contributed by atoms with van der Waals surface area (Å²) < 4.78 is 17.1. The van der Waals surface area contributed by atoms with E-state index < -0.39 is 0 Å². The molecular weight excluding hydrogens is 230 g/mol. The van der Waals surface area contributed by atoms with Crippen molar-refractivity contribution in [1.29, 1.82) is 5.41 Å². The summed E-state index contributed by atoms with van der Waals surface area (Å²) in [5.41, 5.74) is 2.26. The Bertz CT molecular complexity index is 480. The Labute approximate surface area is 107 Å². The summed E-state index contributed by atoms with van der Waals surface area (Å²) in [6, 6.07) is 1.92. The second-order valence-corrected chi connectivity index (χ2v) is 4.71. The van der Waals surface area contributed by atoms with Crippen LogP contribution < -0.4 is 14.2 Å². The van der Waals surface area contributed by atoms with Crippen molar-refractivity contribution in [2.75, 3.05) is 13.2 Å². The molecule has 0 saturated carbocycles. The van der Waals surface area contributed by atoms with E-state index >= 15 is 0 Å². The quantitative estimate of drug-likeness (QED) is 0.838. The van der Waals surface area contributed by atoms with Crippen LogP contribution >= 0.6 is 0 Å². The van der Waals surface area contributed by atoms with Gasteiger partial charge in [-0.2, -0.15) is 0 Å². The molecule has 0 fully saturated rings. The minimum Gasteiger partial charge on any atom is -0.487 e. The van der Waals surface area contributed by atoms with Gasteiger partial charge in [-0.25, -0.2) is 0 Å². The molecule has 1 aromatic carbocycles. The van der Waals surface area contributed by atoms with Crippen LogP contribution in [0.25, 0.3) is 0 Å². The first-order valence-corrected chi connectivity index (χ1v) is 6.16. The molecule has 0 bridgehead atoms. The predicted octanol–water partition coefficient (Wildman–Crippen LogP) is 2.94. The molecule has 18 heavy (non-hydrogen) atoms. The van der Waals surface area contributed by atoms with E-state index in [-0.39, 0.29) is 6.10 Å². The number of hydrogen-bond acceptors (Lipinski definition) is 4. The van der Waals surface area contributed by atoms with E-state index in [0.29, 0.717) is 36.2 Å². The van der Waals surface area contributed by atoms with Crippen molar-refractivity contribution in [1.82, 2.24) is 0 Å². The highest BCUT2D eigenvalue weighted by atomic mass is 16.6. The van der Waals surface area contributed by atoms with Gasteiger partial charge < -0.3 is 19.6 Å². The van der Waals surface area contributed by atoms with Crippen molar-refractivity contribution < 1.29 is 14.2 Å². The normalized spacial score (nSPS) is 13.6. The van der Waals surface area contributed by atoms with Gasteiger partial charge >= 0.3 is 0 Å². The van der Waals surface area contributed by atoms with Gasteiger partial charge in [0.05, 0.1) is 6.10 Å². The first kappa shape index (κ1) is 12.7. The summed E-state index contributed by atoms with van der Waals surface area (Å²) in [5.74, 6) is 1.97. The van der Waals surface area contributed by atoms with Crippen molar-refractivity contribution in [2.24, 2.45) is 0 Å². The van der Waals surface area contributed by atoms with E-state index in [0.717, 1.165) is 11.1 Å². The van der Waals surface area contributed by atoms with Gasteiger partial charge in [0, 0.05) is 11.3 Å². The molecule has 0 aliphatic carbocycles. The summed E-state index contributed by atoms with van der Waals surface area (Å²) >= 11 is 0. The topological polar surface area (TPSA) is 51.5 Å². The molecule has 0 saturated heterocycles. The highest BCUT2D eigenvalue weighted by Gasteiger charge is 2.24. The molecule has 98 valence electrons. The lowest BCUT2D eigenvalue weighted by atomic mass is 10.0. The average Bonchev–Trinajstić information content (AvgIpc) is 2.27. The molecule has 1 aromatic rings. The minimum atomic E-state index is 0.0750. The van der Waals surface area contributed by atoms with Gasteiger partial charge in [0.25, 0.3) is 0 Å². The molecule has 0 unspecified atom stereocenters. The molecule has 0 radical (unpaired) electrons. The Hall–Kier alpha value is -1.71. The van der Waals surface area contributed by atoms with Crippen molar-refractivity contribution >= 4 is 5.71 Å². The van der Waals surface area contributed by atoms with Gasteiger partial charge in [-0.1, -0.05) is 0 Å². The van der Waals surface area contributed by atoms with Crippen molar-refractivity contribution in [3.05, 3.63) is 17.2 Å². The maximum atomic E-state index is 7.85. The van der Waals surface area contributed by atoms with Crippen LogP contribution in [0.4, 0.5) is 0 Å². The summed E-state index contributed by atoms with van der Waals surface area (Å²) in [7, 11) is 0. The molecule has 1 aliphatic rings. The van der Waals surface area contributed by atoms with Gasteiger partial charge in [0.15, 0.2) is 11.5 Å². The van der Waals surface area contributed by atoms with Crippen LogP contribution in [0.1, 0.15) is 31.9 Å². The molecule has 0 spiro atoms. The lowest BCUT2D eigenvalue weighted by Crippen LogP contribution is -2.20. The molecule has 4 heteroatoms. The lowest BCUT2D eigenvalue weighted by molar-refractivity contribution is 0.154. The number of hydrogen-bond donors (Lipinski definition) is 1. The third kappa shape index (κ3) is 2.28. The standard InChI is InChI=1S/C14H19NO3/c1-8(2)18-11-7-9(3)12(10(4)15)14-13(11)16-5-6-17-14/h7-8,15H,5-6H2,1-4H3. The summed E-state index contributed by atoms with van der Waals surface area (Å²) in [6.45, 7) is 8.68. The van der Waals surface area contributed by atoms with E-state index in [4.69, 9.17) is 19.6 Å². The zero-order chi connectivity index (χ0) is 13.3. The number of ether oxygens (including phenoxy) is 3. The van der Waals surface area contributed by atoms with Gasteiger partial charge in [-0.05, 0) is 39.3 Å². The fraction of sp³-hybridized carbons (Fsp3) is 0.500. The number of benzene rings is 1. The summed E-state index contributed by atoms with van der Waals surface area (Å²) in [5, 5.41) is 7.85. The average molecular weight is 249 g/mol. The lowest BCUT2D eigenvalue weighted by Gasteiger charge is -2.25. The smallest absolute Gasteiger partial charge is 0.204 e. The third-order valence-corrected chi connectivity index (χ3v) is 2.71. The van der Waals surface area contributed by atoms with Crippen molar-refractivity contribution in [2.45, 2.75) is 33.8 Å². The Balaban J connectivity index is 2.58. The van der Waals surface area contributed by atoms with Gasteiger partial charge in [0.1, 0.15) is 13.2 Å². The van der Waals surface area contributed by atoms with Crippen LogP contribution in [0.3, 0.4) is 0 Å². The number of nitrogens with one attached hydrogen (secondary N) is 1. The molecule has 1 heterocycles. The van der Waals surface area contributed by atoms with Crippen LogP contribution in [0.5, 0.6) is 17.2 Å². The summed E-state index contributed by atoms with van der Waals surface area (Å²) in [6.07, 6.45) is 0.0750. The molecule has 0 amide bonds. The number of rotatable bonds is 3. The van der Waals surface area contributed by atoms with Crippen LogP contribution in [-0.2, 0) is 0 Å². The Morgan fingerprint density at radius 2 is 1.89 bits per heavy atom. The van der Waals surface area contributed by atoms with E-state index in [1.165, 1.54) is 0 Å². The van der Waals surface area contributed by atoms with E-state index in [1.54, 1.807) is 6.92 Å². The Kier molecular flexibility index (Phi) is 3.45. The fourth-order valence-electron chi connectivity index (χ4n) is 2.11. The Morgan fingerprint density at radius 3 is 2.44 bits per heavy atom. The number of fused-ring (bicyclic) bond motifs is 1. The second kappa shape index (κ2) is 4.88. The highest BCUT2D eigenvalue weighted by Crippen LogP contribution is 2.44. The van der Waals surface area contributed by atoms with E-state index in [1.807, 2.05) is 26.8 Å². The van der Waals surface area contributed by atoms with Gasteiger partial charge in [-0.15, -0.1) is 0 Å². The van der Waals surface area contributed by atoms with Crippen LogP contribution in [0.15, 0.2) is 6.07 Å². The molecule has 1 N–H and O–H groups in total. The van der Waals surface area contributed by atoms with Crippen LogP contribution in [-0.4, -0.2) is 25.0 Å². The maximum absolute atomic E-state index is 7.85. The fourth-order valence-corrected chi connectivity index (χ4v) is 2.11. The van der Waals surface area contributed by atoms with E-state index in [9.17, 15) is 0 Å². The molecule has 2 rings (SSSR count).